The van der Waals surface area contributed by atoms with Crippen LogP contribution in [0.4, 0.5) is 0 Å². The lowest BCUT2D eigenvalue weighted by Gasteiger charge is -2.35. The van der Waals surface area contributed by atoms with Gasteiger partial charge in [-0.25, -0.2) is 0 Å². The molecule has 0 aliphatic heterocycles. The zero-order valence-corrected chi connectivity index (χ0v) is 13.7. The van der Waals surface area contributed by atoms with E-state index in [4.69, 9.17) is 0 Å². The fourth-order valence-corrected chi connectivity index (χ4v) is 3.32. The molecule has 1 aromatic rings. The molecular weight excluding hydrogens is 260 g/mol. The maximum atomic E-state index is 9.37. The maximum absolute atomic E-state index is 9.37. The first-order valence-electron chi connectivity index (χ1n) is 8.25. The Morgan fingerprint density at radius 1 is 1.33 bits per heavy atom. The number of aliphatic hydroxyl groups excluding tert-OH is 1. The molecule has 0 spiro atoms. The molecule has 2 N–H and O–H groups in total. The predicted octanol–water partition coefficient (Wildman–Crippen LogP) is 2.74. The number of hydrogen-bond donors (Lipinski definition) is 2. The highest BCUT2D eigenvalue weighted by Gasteiger charge is 2.27. The van der Waals surface area contributed by atoms with E-state index in [9.17, 15) is 5.11 Å². The number of aliphatic hydroxyl groups is 1. The van der Waals surface area contributed by atoms with E-state index in [1.54, 1.807) is 0 Å². The molecule has 1 saturated carbocycles. The van der Waals surface area contributed by atoms with E-state index in [1.165, 1.54) is 11.1 Å². The number of aryl methyl sites for hydroxylation is 1. The van der Waals surface area contributed by atoms with Crippen LogP contribution >= 0.6 is 0 Å². The first-order valence-corrected chi connectivity index (χ1v) is 8.25. The van der Waals surface area contributed by atoms with Crippen molar-refractivity contribution in [2.24, 2.45) is 5.92 Å². The van der Waals surface area contributed by atoms with Crippen LogP contribution in [0.3, 0.4) is 0 Å². The Hall–Kier alpha value is -0.900. The highest BCUT2D eigenvalue weighted by atomic mass is 16.3. The van der Waals surface area contributed by atoms with Crippen LogP contribution in [0, 0.1) is 12.8 Å². The van der Waals surface area contributed by atoms with Gasteiger partial charge in [-0.3, -0.25) is 0 Å². The van der Waals surface area contributed by atoms with Crippen LogP contribution < -0.4 is 5.32 Å². The SMILES string of the molecule is CCNC(CCN(C)CC1CC(O)C1)c1ccccc1C. The molecule has 3 heteroatoms. The number of hydrogen-bond acceptors (Lipinski definition) is 3. The van der Waals surface area contributed by atoms with E-state index in [1.807, 2.05) is 0 Å². The summed E-state index contributed by atoms with van der Waals surface area (Å²) in [4.78, 5) is 2.42. The van der Waals surface area contributed by atoms with Gasteiger partial charge in [0.2, 0.25) is 0 Å². The van der Waals surface area contributed by atoms with Gasteiger partial charge in [-0.1, -0.05) is 31.2 Å². The molecule has 118 valence electrons. The largest absolute Gasteiger partial charge is 0.393 e. The minimum atomic E-state index is -0.0372. The van der Waals surface area contributed by atoms with E-state index in [2.05, 4.69) is 55.4 Å². The van der Waals surface area contributed by atoms with Crippen molar-refractivity contribution in [1.82, 2.24) is 10.2 Å². The molecule has 1 fully saturated rings. The highest BCUT2D eigenvalue weighted by Crippen LogP contribution is 2.28. The third kappa shape index (κ3) is 4.80. The molecule has 0 radical (unpaired) electrons. The Bertz CT molecular complexity index is 429. The van der Waals surface area contributed by atoms with Crippen LogP contribution in [-0.4, -0.2) is 42.8 Å². The fraction of sp³-hybridized carbons (Fsp3) is 0.667. The lowest BCUT2D eigenvalue weighted by molar-refractivity contribution is 0.0279. The van der Waals surface area contributed by atoms with Crippen molar-refractivity contribution >= 4 is 0 Å². The van der Waals surface area contributed by atoms with Crippen LogP contribution in [0.5, 0.6) is 0 Å². The van der Waals surface area contributed by atoms with Gasteiger partial charge in [-0.05, 0) is 63.4 Å². The normalized spacial score (nSPS) is 23.1. The second kappa shape index (κ2) is 7.92. The smallest absolute Gasteiger partial charge is 0.0546 e. The van der Waals surface area contributed by atoms with Crippen LogP contribution in [0.2, 0.25) is 0 Å². The molecule has 0 saturated heterocycles. The second-order valence-electron chi connectivity index (χ2n) is 6.51. The average Bonchev–Trinajstić information content (AvgIpc) is 2.42. The fourth-order valence-electron chi connectivity index (χ4n) is 3.32. The first kappa shape index (κ1) is 16.5. The number of nitrogens with zero attached hydrogens (tertiary/aromatic N) is 1. The summed E-state index contributed by atoms with van der Waals surface area (Å²) in [5.74, 6) is 0.695. The Morgan fingerprint density at radius 2 is 2.05 bits per heavy atom. The quantitative estimate of drug-likeness (QED) is 0.773. The van der Waals surface area contributed by atoms with Crippen molar-refractivity contribution in [2.75, 3.05) is 26.7 Å². The summed E-state index contributed by atoms with van der Waals surface area (Å²) < 4.78 is 0. The van der Waals surface area contributed by atoms with E-state index in [0.29, 0.717) is 12.0 Å². The molecule has 1 aromatic carbocycles. The summed E-state index contributed by atoms with van der Waals surface area (Å²) >= 11 is 0. The third-order valence-electron chi connectivity index (χ3n) is 4.59. The van der Waals surface area contributed by atoms with Gasteiger partial charge in [-0.15, -0.1) is 0 Å². The predicted molar refractivity (Wildman–Crippen MR) is 88.4 cm³/mol. The third-order valence-corrected chi connectivity index (χ3v) is 4.59. The number of benzene rings is 1. The van der Waals surface area contributed by atoms with E-state index in [0.717, 1.165) is 38.9 Å². The van der Waals surface area contributed by atoms with Crippen molar-refractivity contribution in [2.45, 2.75) is 45.3 Å². The zero-order chi connectivity index (χ0) is 15.2. The summed E-state index contributed by atoms with van der Waals surface area (Å²) in [6.07, 6.45) is 3.06. The van der Waals surface area contributed by atoms with Gasteiger partial charge in [0.1, 0.15) is 0 Å². The van der Waals surface area contributed by atoms with Gasteiger partial charge in [0.15, 0.2) is 0 Å². The summed E-state index contributed by atoms with van der Waals surface area (Å²) in [6, 6.07) is 9.11. The van der Waals surface area contributed by atoms with Crippen molar-refractivity contribution in [3.8, 4) is 0 Å². The van der Waals surface area contributed by atoms with Gasteiger partial charge in [0, 0.05) is 12.6 Å². The molecule has 1 aliphatic carbocycles. The molecule has 21 heavy (non-hydrogen) atoms. The second-order valence-corrected chi connectivity index (χ2v) is 6.51. The summed E-state index contributed by atoms with van der Waals surface area (Å²) in [5.41, 5.74) is 2.79. The summed E-state index contributed by atoms with van der Waals surface area (Å²) in [5, 5.41) is 13.0. The molecule has 1 aliphatic rings. The minimum absolute atomic E-state index is 0.0372. The Kier molecular flexibility index (Phi) is 6.22. The van der Waals surface area contributed by atoms with E-state index < -0.39 is 0 Å². The Morgan fingerprint density at radius 3 is 2.67 bits per heavy atom. The van der Waals surface area contributed by atoms with Crippen LogP contribution in [0.1, 0.15) is 43.4 Å². The van der Waals surface area contributed by atoms with Crippen LogP contribution in [0.25, 0.3) is 0 Å². The lowest BCUT2D eigenvalue weighted by atomic mass is 9.82. The molecule has 0 aromatic heterocycles. The maximum Gasteiger partial charge on any atom is 0.0546 e. The van der Waals surface area contributed by atoms with Crippen LogP contribution in [-0.2, 0) is 0 Å². The average molecular weight is 290 g/mol. The zero-order valence-electron chi connectivity index (χ0n) is 13.7. The van der Waals surface area contributed by atoms with Gasteiger partial charge >= 0.3 is 0 Å². The van der Waals surface area contributed by atoms with E-state index in [-0.39, 0.29) is 6.10 Å². The van der Waals surface area contributed by atoms with Crippen molar-refractivity contribution < 1.29 is 5.11 Å². The Balaban J connectivity index is 1.84. The Labute approximate surface area is 129 Å². The van der Waals surface area contributed by atoms with Crippen molar-refractivity contribution in [3.63, 3.8) is 0 Å². The van der Waals surface area contributed by atoms with E-state index >= 15 is 0 Å². The molecule has 0 bridgehead atoms. The monoisotopic (exact) mass is 290 g/mol. The first-order chi connectivity index (χ1) is 10.1. The molecule has 1 unspecified atom stereocenters. The standard InChI is InChI=1S/C18H30N2O/c1-4-19-18(17-8-6-5-7-14(17)2)9-10-20(3)13-15-11-16(21)12-15/h5-8,15-16,18-19,21H,4,9-13H2,1-3H3. The molecule has 3 nitrogen and oxygen atoms in total. The van der Waals surface area contributed by atoms with Crippen LogP contribution in [0.15, 0.2) is 24.3 Å². The minimum Gasteiger partial charge on any atom is -0.393 e. The van der Waals surface area contributed by atoms with Crippen molar-refractivity contribution in [3.05, 3.63) is 35.4 Å². The molecule has 2 rings (SSSR count). The summed E-state index contributed by atoms with van der Waals surface area (Å²) in [6.45, 7) is 7.57. The number of nitrogens with one attached hydrogen (secondary N) is 1. The van der Waals surface area contributed by atoms with Gasteiger partial charge in [0.25, 0.3) is 0 Å². The van der Waals surface area contributed by atoms with Gasteiger partial charge in [-0.2, -0.15) is 0 Å². The molecular formula is C18H30N2O. The topological polar surface area (TPSA) is 35.5 Å². The highest BCUT2D eigenvalue weighted by molar-refractivity contribution is 5.28. The van der Waals surface area contributed by atoms with Gasteiger partial charge in [0.05, 0.1) is 6.10 Å². The number of rotatable bonds is 8. The molecule has 1 atom stereocenters. The van der Waals surface area contributed by atoms with Gasteiger partial charge < -0.3 is 15.3 Å². The molecule has 0 heterocycles. The van der Waals surface area contributed by atoms with Crippen molar-refractivity contribution in [1.29, 1.82) is 0 Å². The lowest BCUT2D eigenvalue weighted by Crippen LogP contribution is -2.38. The molecule has 0 amide bonds. The summed E-state index contributed by atoms with van der Waals surface area (Å²) in [7, 11) is 2.20.